The van der Waals surface area contributed by atoms with Gasteiger partial charge in [0.1, 0.15) is 0 Å². The van der Waals surface area contributed by atoms with Crippen LogP contribution >= 0.6 is 0 Å². The highest BCUT2D eigenvalue weighted by Crippen LogP contribution is 2.47. The molecule has 0 radical (unpaired) electrons. The van der Waals surface area contributed by atoms with Gasteiger partial charge in [-0.25, -0.2) is 0 Å². The van der Waals surface area contributed by atoms with Gasteiger partial charge in [-0.2, -0.15) is 19.6 Å². The summed E-state index contributed by atoms with van der Waals surface area (Å²) in [5.41, 5.74) is 0.350. The van der Waals surface area contributed by atoms with Gasteiger partial charge < -0.3 is 0 Å². The maximum absolute atomic E-state index is 5.71. The molecule has 2 aliphatic carbocycles. The second-order valence-corrected chi connectivity index (χ2v) is 7.86. The Morgan fingerprint density at radius 2 is 1.15 bits per heavy atom. The van der Waals surface area contributed by atoms with E-state index in [0.29, 0.717) is 11.3 Å². The van der Waals surface area contributed by atoms with E-state index in [4.69, 9.17) is 19.6 Å². The molecule has 20 heavy (non-hydrogen) atoms. The largest absolute Gasteiger partial charge is 0.234 e. The Hall–Kier alpha value is -0.160. The predicted molar refractivity (Wildman–Crippen MR) is 74.3 cm³/mol. The molecule has 116 valence electrons. The zero-order chi connectivity index (χ0) is 14.3. The van der Waals surface area contributed by atoms with Gasteiger partial charge >= 0.3 is 0 Å². The van der Waals surface area contributed by atoms with Crippen LogP contribution in [0.15, 0.2) is 0 Å². The van der Waals surface area contributed by atoms with Gasteiger partial charge in [-0.15, -0.1) is 0 Å². The van der Waals surface area contributed by atoms with Crippen LogP contribution < -0.4 is 0 Å². The van der Waals surface area contributed by atoms with Gasteiger partial charge in [0.2, 0.25) is 11.6 Å². The van der Waals surface area contributed by atoms with Crippen molar-refractivity contribution < 1.29 is 19.6 Å². The van der Waals surface area contributed by atoms with Crippen molar-refractivity contribution in [1.29, 1.82) is 0 Å². The van der Waals surface area contributed by atoms with Crippen LogP contribution in [0.5, 0.6) is 0 Å². The summed E-state index contributed by atoms with van der Waals surface area (Å²) in [7, 11) is 0. The molecule has 0 aromatic carbocycles. The fourth-order valence-corrected chi connectivity index (χ4v) is 3.68. The summed E-state index contributed by atoms with van der Waals surface area (Å²) in [6.07, 6.45) is 9.12. The van der Waals surface area contributed by atoms with Crippen LogP contribution in [0, 0.1) is 11.3 Å². The van der Waals surface area contributed by atoms with Gasteiger partial charge in [-0.1, -0.05) is 27.2 Å². The van der Waals surface area contributed by atoms with Gasteiger partial charge in [-0.05, 0) is 37.0 Å². The fraction of sp³-hybridized carbons (Fsp3) is 1.00. The van der Waals surface area contributed by atoms with E-state index in [2.05, 4.69) is 20.8 Å². The Kier molecular flexibility index (Phi) is 3.87. The van der Waals surface area contributed by atoms with Crippen LogP contribution in [-0.4, -0.2) is 11.6 Å². The van der Waals surface area contributed by atoms with E-state index < -0.39 is 11.6 Å². The van der Waals surface area contributed by atoms with Crippen molar-refractivity contribution in [3.63, 3.8) is 0 Å². The van der Waals surface area contributed by atoms with Crippen LogP contribution in [0.4, 0.5) is 0 Å². The third kappa shape index (κ3) is 2.89. The summed E-state index contributed by atoms with van der Waals surface area (Å²) >= 11 is 0. The van der Waals surface area contributed by atoms with Crippen molar-refractivity contribution >= 4 is 0 Å². The molecule has 0 amide bonds. The Morgan fingerprint density at radius 3 is 1.60 bits per heavy atom. The third-order valence-corrected chi connectivity index (χ3v) is 5.28. The number of rotatable bonds is 0. The second-order valence-electron chi connectivity index (χ2n) is 7.86. The molecule has 0 N–H and O–H groups in total. The quantitative estimate of drug-likeness (QED) is 0.614. The SMILES string of the molecule is CC(C)(C)C1CCC2(CC1)OOC1(CCCCC1)OO2. The lowest BCUT2D eigenvalue weighted by atomic mass is 9.71. The molecule has 0 atom stereocenters. The minimum atomic E-state index is -0.662. The van der Waals surface area contributed by atoms with Crippen LogP contribution in [0.25, 0.3) is 0 Å². The molecule has 0 aromatic heterocycles. The molecule has 4 nitrogen and oxygen atoms in total. The first-order valence-corrected chi connectivity index (χ1v) is 8.17. The Balaban J connectivity index is 1.56. The lowest BCUT2D eigenvalue weighted by molar-refractivity contribution is -0.663. The molecular weight excluding hydrogens is 256 g/mol. The zero-order valence-corrected chi connectivity index (χ0v) is 13.1. The van der Waals surface area contributed by atoms with Crippen molar-refractivity contribution in [2.24, 2.45) is 11.3 Å². The van der Waals surface area contributed by atoms with Gasteiger partial charge in [0.05, 0.1) is 0 Å². The van der Waals surface area contributed by atoms with E-state index in [9.17, 15) is 0 Å². The highest BCUT2D eigenvalue weighted by atomic mass is 17.4. The minimum Gasteiger partial charge on any atom is -0.195 e. The van der Waals surface area contributed by atoms with E-state index in [1.807, 2.05) is 0 Å². The van der Waals surface area contributed by atoms with E-state index >= 15 is 0 Å². The van der Waals surface area contributed by atoms with Crippen molar-refractivity contribution in [2.45, 2.75) is 90.1 Å². The molecule has 1 saturated heterocycles. The first-order chi connectivity index (χ1) is 9.43. The standard InChI is InChI=1S/C16H28O4/c1-14(2,3)13-7-11-16(12-8-13)19-17-15(18-20-16)9-5-4-6-10-15/h13H,4-12H2,1-3H3. The molecular formula is C16H28O4. The van der Waals surface area contributed by atoms with Crippen LogP contribution in [0.3, 0.4) is 0 Å². The average Bonchev–Trinajstić information content (AvgIpc) is 2.44. The predicted octanol–water partition coefficient (Wildman–Crippen LogP) is 4.49. The zero-order valence-electron chi connectivity index (χ0n) is 13.1. The molecule has 3 aliphatic rings. The summed E-state index contributed by atoms with van der Waals surface area (Å²) in [4.78, 5) is 22.8. The molecule has 2 saturated carbocycles. The Morgan fingerprint density at radius 1 is 0.700 bits per heavy atom. The molecule has 4 heteroatoms. The molecule has 2 spiro atoms. The molecule has 1 heterocycles. The maximum atomic E-state index is 5.71. The minimum absolute atomic E-state index is 0.350. The topological polar surface area (TPSA) is 36.9 Å². The van der Waals surface area contributed by atoms with Crippen molar-refractivity contribution in [1.82, 2.24) is 0 Å². The van der Waals surface area contributed by atoms with Crippen LogP contribution in [-0.2, 0) is 19.6 Å². The van der Waals surface area contributed by atoms with Gasteiger partial charge in [-0.3, -0.25) is 0 Å². The van der Waals surface area contributed by atoms with Crippen molar-refractivity contribution in [3.05, 3.63) is 0 Å². The highest BCUT2D eigenvalue weighted by Gasteiger charge is 2.51. The molecule has 3 rings (SSSR count). The summed E-state index contributed by atoms with van der Waals surface area (Å²) in [6, 6.07) is 0. The van der Waals surface area contributed by atoms with E-state index in [1.165, 1.54) is 6.42 Å². The van der Waals surface area contributed by atoms with Crippen LogP contribution in [0.1, 0.15) is 78.6 Å². The van der Waals surface area contributed by atoms with E-state index in [-0.39, 0.29) is 0 Å². The van der Waals surface area contributed by atoms with Crippen molar-refractivity contribution in [3.8, 4) is 0 Å². The van der Waals surface area contributed by atoms with Crippen LogP contribution in [0.2, 0.25) is 0 Å². The molecule has 0 bridgehead atoms. The molecule has 3 fully saturated rings. The second kappa shape index (κ2) is 5.24. The maximum Gasteiger partial charge on any atom is 0.234 e. The molecule has 0 aromatic rings. The monoisotopic (exact) mass is 284 g/mol. The average molecular weight is 284 g/mol. The summed E-state index contributed by atoms with van der Waals surface area (Å²) in [5.74, 6) is -0.583. The summed E-state index contributed by atoms with van der Waals surface area (Å²) in [5, 5.41) is 0. The first-order valence-electron chi connectivity index (χ1n) is 8.17. The van der Waals surface area contributed by atoms with Gasteiger partial charge in [0, 0.05) is 25.7 Å². The number of hydrogen-bond donors (Lipinski definition) is 0. The third-order valence-electron chi connectivity index (χ3n) is 5.28. The molecule has 0 unspecified atom stereocenters. The highest BCUT2D eigenvalue weighted by molar-refractivity contribution is 4.85. The summed E-state index contributed by atoms with van der Waals surface area (Å²) in [6.45, 7) is 6.92. The van der Waals surface area contributed by atoms with Crippen molar-refractivity contribution in [2.75, 3.05) is 0 Å². The normalized spacial score (nSPS) is 30.8. The lowest BCUT2D eigenvalue weighted by Gasteiger charge is -2.48. The first kappa shape index (κ1) is 14.8. The number of hydrogen-bond acceptors (Lipinski definition) is 4. The Labute approximate surface area is 122 Å². The lowest BCUT2D eigenvalue weighted by Crippen LogP contribution is -2.53. The van der Waals surface area contributed by atoms with E-state index in [1.54, 1.807) is 0 Å². The molecule has 1 aliphatic heterocycles. The fourth-order valence-electron chi connectivity index (χ4n) is 3.68. The summed E-state index contributed by atoms with van der Waals surface area (Å²) < 4.78 is 0. The Bertz CT molecular complexity index is 321. The smallest absolute Gasteiger partial charge is 0.195 e. The van der Waals surface area contributed by atoms with Gasteiger partial charge in [0.25, 0.3) is 0 Å². The van der Waals surface area contributed by atoms with E-state index in [0.717, 1.165) is 51.4 Å². The van der Waals surface area contributed by atoms with Gasteiger partial charge in [0.15, 0.2) is 0 Å².